The molecule has 2 aromatic rings. The Bertz CT molecular complexity index is 883. The summed E-state index contributed by atoms with van der Waals surface area (Å²) in [7, 11) is 0. The Morgan fingerprint density at radius 1 is 1.17 bits per heavy atom. The van der Waals surface area contributed by atoms with Gasteiger partial charge in [0.15, 0.2) is 0 Å². The fourth-order valence-electron chi connectivity index (χ4n) is 3.68. The van der Waals surface area contributed by atoms with E-state index < -0.39 is 17.8 Å². The maximum Gasteiger partial charge on any atom is 0.416 e. The van der Waals surface area contributed by atoms with Crippen molar-refractivity contribution in [1.82, 2.24) is 5.32 Å². The van der Waals surface area contributed by atoms with Crippen molar-refractivity contribution < 1.29 is 18.0 Å². The number of anilines is 1. The number of benzene rings is 2. The van der Waals surface area contributed by atoms with E-state index in [4.69, 9.17) is 11.6 Å². The Morgan fingerprint density at radius 2 is 1.90 bits per heavy atom. The van der Waals surface area contributed by atoms with E-state index in [1.165, 1.54) is 11.6 Å². The van der Waals surface area contributed by atoms with Gasteiger partial charge in [-0.1, -0.05) is 49.7 Å². The normalized spacial score (nSPS) is 17.6. The summed E-state index contributed by atoms with van der Waals surface area (Å²) in [5.74, 6) is -0.287. The monoisotopic (exact) mass is 424 g/mol. The maximum absolute atomic E-state index is 13.0. The first-order valence-electron chi connectivity index (χ1n) is 9.68. The molecule has 1 amide bonds. The van der Waals surface area contributed by atoms with Crippen molar-refractivity contribution in [2.45, 2.75) is 51.4 Å². The fourth-order valence-corrected chi connectivity index (χ4v) is 3.91. The average Bonchev–Trinajstić information content (AvgIpc) is 2.66. The van der Waals surface area contributed by atoms with Gasteiger partial charge in [0.25, 0.3) is 0 Å². The molecule has 29 heavy (non-hydrogen) atoms. The molecule has 0 bridgehead atoms. The van der Waals surface area contributed by atoms with E-state index in [-0.39, 0.29) is 22.9 Å². The zero-order valence-electron chi connectivity index (χ0n) is 16.3. The molecule has 0 aliphatic heterocycles. The van der Waals surface area contributed by atoms with Crippen LogP contribution in [0, 0.1) is 5.92 Å². The number of halogens is 4. The summed E-state index contributed by atoms with van der Waals surface area (Å²) in [6, 6.07) is 10.5. The van der Waals surface area contributed by atoms with Crippen LogP contribution in [0.2, 0.25) is 5.02 Å². The highest BCUT2D eigenvalue weighted by Gasteiger charge is 2.32. The number of carbonyl (C=O) groups is 1. The summed E-state index contributed by atoms with van der Waals surface area (Å²) in [6.07, 6.45) is -1.62. The van der Waals surface area contributed by atoms with E-state index in [0.29, 0.717) is 5.69 Å². The molecule has 1 aliphatic carbocycles. The minimum atomic E-state index is -4.47. The fraction of sp³-hybridized carbons (Fsp3) is 0.409. The highest BCUT2D eigenvalue weighted by atomic mass is 35.5. The number of nitrogens with one attached hydrogen (secondary N) is 2. The first-order valence-corrected chi connectivity index (χ1v) is 10.1. The molecule has 1 aliphatic rings. The van der Waals surface area contributed by atoms with Gasteiger partial charge in [-0.3, -0.25) is 4.79 Å². The van der Waals surface area contributed by atoms with Crippen LogP contribution in [0.15, 0.2) is 42.5 Å². The molecule has 0 unspecified atom stereocenters. The second kappa shape index (κ2) is 8.66. The lowest BCUT2D eigenvalue weighted by Crippen LogP contribution is -2.45. The molecule has 0 saturated heterocycles. The molecular weight excluding hydrogens is 401 g/mol. The minimum Gasteiger partial charge on any atom is -0.372 e. The Kier molecular flexibility index (Phi) is 6.42. The highest BCUT2D eigenvalue weighted by molar-refractivity contribution is 6.33. The predicted octanol–water partition coefficient (Wildman–Crippen LogP) is 5.99. The SMILES string of the molecule is CC(C)[C@H](Nc1ccc(C(F)(F)F)cc1Cl)C(=O)N[C@H]1CCCc2ccccc21. The quantitative estimate of drug-likeness (QED) is 0.619. The van der Waals surface area contributed by atoms with Crippen LogP contribution in [-0.4, -0.2) is 11.9 Å². The van der Waals surface area contributed by atoms with Crippen molar-refractivity contribution in [3.63, 3.8) is 0 Å². The number of fused-ring (bicyclic) bond motifs is 1. The number of hydrogen-bond donors (Lipinski definition) is 2. The summed E-state index contributed by atoms with van der Waals surface area (Å²) < 4.78 is 38.6. The van der Waals surface area contributed by atoms with Crippen molar-refractivity contribution in [1.29, 1.82) is 0 Å². The molecule has 0 spiro atoms. The van der Waals surface area contributed by atoms with Crippen LogP contribution in [0.25, 0.3) is 0 Å². The number of carbonyl (C=O) groups excluding carboxylic acids is 1. The molecule has 2 N–H and O–H groups in total. The van der Waals surface area contributed by atoms with Crippen molar-refractivity contribution in [3.05, 3.63) is 64.2 Å². The third kappa shape index (κ3) is 5.04. The molecule has 156 valence electrons. The number of alkyl halides is 3. The predicted molar refractivity (Wildman–Crippen MR) is 109 cm³/mol. The van der Waals surface area contributed by atoms with Crippen LogP contribution in [-0.2, 0) is 17.4 Å². The summed E-state index contributed by atoms with van der Waals surface area (Å²) in [4.78, 5) is 13.0. The molecule has 2 aromatic carbocycles. The van der Waals surface area contributed by atoms with E-state index >= 15 is 0 Å². The molecular formula is C22H24ClF3N2O. The van der Waals surface area contributed by atoms with Crippen molar-refractivity contribution in [2.75, 3.05) is 5.32 Å². The van der Waals surface area contributed by atoms with Gasteiger partial charge in [0.1, 0.15) is 6.04 Å². The van der Waals surface area contributed by atoms with Crippen LogP contribution in [0.4, 0.5) is 18.9 Å². The van der Waals surface area contributed by atoms with Crippen LogP contribution in [0.1, 0.15) is 49.4 Å². The molecule has 0 fully saturated rings. The van der Waals surface area contributed by atoms with Gasteiger partial charge >= 0.3 is 6.18 Å². The molecule has 3 rings (SSSR count). The van der Waals surface area contributed by atoms with Gasteiger partial charge < -0.3 is 10.6 Å². The second-order valence-corrected chi connectivity index (χ2v) is 8.12. The third-order valence-electron chi connectivity index (χ3n) is 5.24. The van der Waals surface area contributed by atoms with Crippen LogP contribution in [0.5, 0.6) is 0 Å². The summed E-state index contributed by atoms with van der Waals surface area (Å²) in [6.45, 7) is 3.76. The summed E-state index contributed by atoms with van der Waals surface area (Å²) in [5, 5.41) is 6.07. The Hall–Kier alpha value is -2.21. The van der Waals surface area contributed by atoms with E-state index in [1.54, 1.807) is 0 Å². The lowest BCUT2D eigenvalue weighted by atomic mass is 9.87. The molecule has 7 heteroatoms. The van der Waals surface area contributed by atoms with E-state index in [9.17, 15) is 18.0 Å². The number of aryl methyl sites for hydroxylation is 1. The lowest BCUT2D eigenvalue weighted by Gasteiger charge is -2.30. The van der Waals surface area contributed by atoms with Crippen molar-refractivity contribution in [3.8, 4) is 0 Å². The number of hydrogen-bond acceptors (Lipinski definition) is 2. The Morgan fingerprint density at radius 3 is 2.55 bits per heavy atom. The Balaban J connectivity index is 1.76. The summed E-state index contributed by atoms with van der Waals surface area (Å²) >= 11 is 6.05. The molecule has 3 nitrogen and oxygen atoms in total. The van der Waals surface area contributed by atoms with Crippen LogP contribution in [0.3, 0.4) is 0 Å². The third-order valence-corrected chi connectivity index (χ3v) is 5.56. The van der Waals surface area contributed by atoms with E-state index in [2.05, 4.69) is 16.7 Å². The largest absolute Gasteiger partial charge is 0.416 e. The first-order chi connectivity index (χ1) is 13.7. The molecule has 0 heterocycles. The first kappa shape index (κ1) is 21.5. The van der Waals surface area contributed by atoms with Gasteiger partial charge in [0.2, 0.25) is 5.91 Å². The van der Waals surface area contributed by atoms with Gasteiger partial charge in [0, 0.05) is 0 Å². The van der Waals surface area contributed by atoms with Crippen LogP contribution < -0.4 is 10.6 Å². The van der Waals surface area contributed by atoms with Crippen LogP contribution >= 0.6 is 11.6 Å². The van der Waals surface area contributed by atoms with Crippen molar-refractivity contribution >= 4 is 23.2 Å². The maximum atomic E-state index is 13.0. The van der Waals surface area contributed by atoms with E-state index in [0.717, 1.165) is 37.0 Å². The molecule has 2 atom stereocenters. The highest BCUT2D eigenvalue weighted by Crippen LogP contribution is 2.34. The molecule has 0 aromatic heterocycles. The zero-order valence-corrected chi connectivity index (χ0v) is 17.1. The average molecular weight is 425 g/mol. The van der Waals surface area contributed by atoms with Gasteiger partial charge in [-0.15, -0.1) is 0 Å². The molecule has 0 saturated carbocycles. The second-order valence-electron chi connectivity index (χ2n) is 7.71. The number of rotatable bonds is 5. The minimum absolute atomic E-state index is 0.0683. The summed E-state index contributed by atoms with van der Waals surface area (Å²) in [5.41, 5.74) is 1.85. The van der Waals surface area contributed by atoms with Gasteiger partial charge in [-0.05, 0) is 54.5 Å². The lowest BCUT2D eigenvalue weighted by molar-refractivity contribution is -0.137. The van der Waals surface area contributed by atoms with Gasteiger partial charge in [0.05, 0.1) is 22.3 Å². The smallest absolute Gasteiger partial charge is 0.372 e. The topological polar surface area (TPSA) is 41.1 Å². The Labute approximate surface area is 173 Å². The zero-order chi connectivity index (χ0) is 21.2. The number of amides is 1. The molecule has 0 radical (unpaired) electrons. The van der Waals surface area contributed by atoms with Gasteiger partial charge in [-0.25, -0.2) is 0 Å². The van der Waals surface area contributed by atoms with Crippen molar-refractivity contribution in [2.24, 2.45) is 5.92 Å². The van der Waals surface area contributed by atoms with E-state index in [1.807, 2.05) is 32.0 Å². The standard InChI is InChI=1S/C22H24ClF3N2O/c1-13(2)20(27-19-11-10-15(12-17(19)23)22(24,25)26)21(29)28-18-9-5-7-14-6-3-4-8-16(14)18/h3-4,6,8,10-13,18,20,27H,5,7,9H2,1-2H3,(H,28,29)/t18-,20-/m0/s1. The van der Waals surface area contributed by atoms with Gasteiger partial charge in [-0.2, -0.15) is 13.2 Å².